The first-order valence-corrected chi connectivity index (χ1v) is 3.95. The fourth-order valence-corrected chi connectivity index (χ4v) is 1.68. The molecule has 5 heteroatoms. The van der Waals surface area contributed by atoms with Gasteiger partial charge < -0.3 is 5.73 Å². The summed E-state index contributed by atoms with van der Waals surface area (Å²) < 4.78 is 0.223. The number of hydrazone groups is 1. The summed E-state index contributed by atoms with van der Waals surface area (Å²) in [6, 6.07) is 0. The first-order chi connectivity index (χ1) is 3.83. The molecule has 0 fully saturated rings. The fourth-order valence-electron chi connectivity index (χ4n) is 0.389. The molecule has 1 atom stereocenters. The molecule has 1 heterocycles. The van der Waals surface area contributed by atoms with Gasteiger partial charge in [0.15, 0.2) is 0 Å². The van der Waals surface area contributed by atoms with Crippen molar-refractivity contribution in [3.63, 3.8) is 0 Å². The number of halogens is 1. The normalized spacial score (nSPS) is 27.2. The van der Waals surface area contributed by atoms with Gasteiger partial charge in [-0.15, -0.1) is 0 Å². The Hall–Kier alpha value is 0.260. The lowest BCUT2D eigenvalue weighted by molar-refractivity contribution is 0.863. The molecule has 1 aliphatic rings. The molecule has 8 heavy (non-hydrogen) atoms. The van der Waals surface area contributed by atoms with Crippen molar-refractivity contribution in [1.29, 1.82) is 0 Å². The van der Waals surface area contributed by atoms with Gasteiger partial charge in [-0.05, 0) is 0 Å². The molecule has 0 aliphatic carbocycles. The summed E-state index contributed by atoms with van der Waals surface area (Å²) in [5.74, 6) is 0. The third kappa shape index (κ3) is 1.37. The predicted octanol–water partition coefficient (Wildman–Crippen LogP) is 0.274. The van der Waals surface area contributed by atoms with E-state index in [1.807, 2.05) is 0 Å². The Kier molecular flexibility index (Phi) is 2.16. The smallest absolute Gasteiger partial charge is 0.150 e. The lowest BCUT2D eigenvalue weighted by Gasteiger charge is -1.93. The van der Waals surface area contributed by atoms with Gasteiger partial charge in [-0.2, -0.15) is 5.10 Å². The summed E-state index contributed by atoms with van der Waals surface area (Å²) in [5, 5.41) is 4.84. The van der Waals surface area contributed by atoms with E-state index in [1.165, 1.54) is 0 Å². The number of thioether (sulfide) groups is 1. The van der Waals surface area contributed by atoms with Gasteiger partial charge >= 0.3 is 0 Å². The minimum Gasteiger partial charge on any atom is -0.325 e. The highest BCUT2D eigenvalue weighted by atomic mass is 79.9. The van der Waals surface area contributed by atoms with E-state index in [0.29, 0.717) is 6.54 Å². The van der Waals surface area contributed by atoms with Gasteiger partial charge in [0.25, 0.3) is 0 Å². The van der Waals surface area contributed by atoms with Crippen molar-refractivity contribution in [1.82, 2.24) is 5.43 Å². The minimum atomic E-state index is 0.223. The topological polar surface area (TPSA) is 50.4 Å². The van der Waals surface area contributed by atoms with E-state index in [-0.39, 0.29) is 4.28 Å². The summed E-state index contributed by atoms with van der Waals surface area (Å²) in [4.78, 5) is 0. The van der Waals surface area contributed by atoms with Gasteiger partial charge in [0.05, 0.1) is 0 Å². The second kappa shape index (κ2) is 2.70. The molecule has 1 unspecified atom stereocenters. The average Bonchev–Trinajstić information content (AvgIpc) is 2.14. The molecule has 0 spiro atoms. The van der Waals surface area contributed by atoms with E-state index in [9.17, 15) is 0 Å². The fraction of sp³-hybridized carbons (Fsp3) is 0.667. The van der Waals surface area contributed by atoms with Crippen LogP contribution in [-0.2, 0) is 0 Å². The van der Waals surface area contributed by atoms with Gasteiger partial charge in [0.1, 0.15) is 9.33 Å². The number of alkyl halides is 1. The highest BCUT2D eigenvalue weighted by Crippen LogP contribution is 2.20. The van der Waals surface area contributed by atoms with Crippen LogP contribution in [0.1, 0.15) is 0 Å². The number of nitrogens with zero attached hydrogens (tertiary/aromatic N) is 1. The number of nitrogens with one attached hydrogen (secondary N) is 1. The monoisotopic (exact) mass is 195 g/mol. The van der Waals surface area contributed by atoms with Crippen LogP contribution in [0.4, 0.5) is 0 Å². The number of hydrogen-bond acceptors (Lipinski definition) is 4. The van der Waals surface area contributed by atoms with Crippen LogP contribution >= 0.6 is 27.7 Å². The molecular weight excluding hydrogens is 190 g/mol. The van der Waals surface area contributed by atoms with Crippen LogP contribution in [-0.4, -0.2) is 15.9 Å². The maximum absolute atomic E-state index is 5.28. The highest BCUT2D eigenvalue weighted by molar-refractivity contribution is 9.11. The Morgan fingerprint density at radius 1 is 2.00 bits per heavy atom. The first kappa shape index (κ1) is 6.38. The molecule has 0 aromatic rings. The molecule has 0 aromatic carbocycles. The Balaban J connectivity index is 2.37. The molecule has 0 saturated heterocycles. The molecule has 46 valence electrons. The lowest BCUT2D eigenvalue weighted by Crippen LogP contribution is -2.07. The van der Waals surface area contributed by atoms with Crippen LogP contribution in [0.15, 0.2) is 5.10 Å². The van der Waals surface area contributed by atoms with E-state index >= 15 is 0 Å². The molecule has 3 nitrogen and oxygen atoms in total. The van der Waals surface area contributed by atoms with Crippen LogP contribution in [0.2, 0.25) is 0 Å². The number of nitrogens with two attached hydrogens (primary N) is 1. The van der Waals surface area contributed by atoms with E-state index in [4.69, 9.17) is 5.73 Å². The summed E-state index contributed by atoms with van der Waals surface area (Å²) in [6.07, 6.45) is 0. The van der Waals surface area contributed by atoms with Crippen molar-refractivity contribution in [2.45, 2.75) is 4.28 Å². The van der Waals surface area contributed by atoms with Gasteiger partial charge in [0, 0.05) is 6.54 Å². The van der Waals surface area contributed by atoms with Crippen molar-refractivity contribution < 1.29 is 0 Å². The second-order valence-corrected chi connectivity index (χ2v) is 3.97. The van der Waals surface area contributed by atoms with Crippen molar-refractivity contribution in [2.24, 2.45) is 10.8 Å². The van der Waals surface area contributed by atoms with Gasteiger partial charge in [0.2, 0.25) is 0 Å². The number of rotatable bonds is 1. The summed E-state index contributed by atoms with van der Waals surface area (Å²) >= 11 is 4.90. The van der Waals surface area contributed by atoms with E-state index in [0.717, 1.165) is 5.04 Å². The molecule has 1 aliphatic heterocycles. The Morgan fingerprint density at radius 3 is 3.00 bits per heavy atom. The lowest BCUT2D eigenvalue weighted by atomic mass is 10.7. The molecule has 0 radical (unpaired) electrons. The second-order valence-electron chi connectivity index (χ2n) is 1.27. The molecule has 0 aromatic heterocycles. The quantitative estimate of drug-likeness (QED) is 0.467. The average molecular weight is 196 g/mol. The van der Waals surface area contributed by atoms with Crippen LogP contribution < -0.4 is 11.2 Å². The van der Waals surface area contributed by atoms with Crippen LogP contribution in [0.5, 0.6) is 0 Å². The van der Waals surface area contributed by atoms with Gasteiger partial charge in [-0.25, -0.2) is 0 Å². The zero-order valence-corrected chi connectivity index (χ0v) is 6.50. The largest absolute Gasteiger partial charge is 0.325 e. The standard InChI is InChI=1S/C3H6BrN3S/c4-3-7-6-2(1-5)8-3/h3,7H,1,5H2. The summed E-state index contributed by atoms with van der Waals surface area (Å²) in [5.41, 5.74) is 8.09. The van der Waals surface area contributed by atoms with E-state index < -0.39 is 0 Å². The van der Waals surface area contributed by atoms with Crippen molar-refractivity contribution >= 4 is 32.7 Å². The Morgan fingerprint density at radius 2 is 2.75 bits per heavy atom. The third-order valence-corrected chi connectivity index (χ3v) is 2.31. The zero-order valence-electron chi connectivity index (χ0n) is 4.10. The number of hydrogen-bond donors (Lipinski definition) is 2. The zero-order chi connectivity index (χ0) is 5.98. The van der Waals surface area contributed by atoms with Crippen molar-refractivity contribution in [3.05, 3.63) is 0 Å². The molecule has 0 amide bonds. The molecule has 0 saturated carbocycles. The third-order valence-electron chi connectivity index (χ3n) is 0.705. The van der Waals surface area contributed by atoms with Gasteiger partial charge in [-0.3, -0.25) is 5.43 Å². The predicted molar refractivity (Wildman–Crippen MR) is 39.9 cm³/mol. The molecule has 3 N–H and O–H groups in total. The van der Waals surface area contributed by atoms with Crippen molar-refractivity contribution in [2.75, 3.05) is 6.54 Å². The minimum absolute atomic E-state index is 0.223. The highest BCUT2D eigenvalue weighted by Gasteiger charge is 2.12. The van der Waals surface area contributed by atoms with Gasteiger partial charge in [-0.1, -0.05) is 27.7 Å². The van der Waals surface area contributed by atoms with Crippen molar-refractivity contribution in [3.8, 4) is 0 Å². The Bertz CT molecular complexity index is 115. The van der Waals surface area contributed by atoms with Crippen LogP contribution in [0.3, 0.4) is 0 Å². The van der Waals surface area contributed by atoms with E-state index in [2.05, 4.69) is 26.5 Å². The maximum Gasteiger partial charge on any atom is 0.150 e. The van der Waals surface area contributed by atoms with Crippen LogP contribution in [0.25, 0.3) is 0 Å². The molecular formula is C3H6BrN3S. The molecule has 1 rings (SSSR count). The summed E-state index contributed by atoms with van der Waals surface area (Å²) in [7, 11) is 0. The van der Waals surface area contributed by atoms with Crippen LogP contribution in [0, 0.1) is 0 Å². The van der Waals surface area contributed by atoms with E-state index in [1.54, 1.807) is 11.8 Å². The first-order valence-electron chi connectivity index (χ1n) is 2.16. The summed E-state index contributed by atoms with van der Waals surface area (Å²) in [6.45, 7) is 0.528. The maximum atomic E-state index is 5.28. The molecule has 0 bridgehead atoms. The Labute approximate surface area is 60.2 Å². The SMILES string of the molecule is NCC1=NNC(Br)S1.